The molecule has 8 rings (SSSR count). The minimum atomic E-state index is -2.33. The molecule has 24 atom stereocenters. The largest absolute Gasteiger partial charge is 0.462 e. The summed E-state index contributed by atoms with van der Waals surface area (Å²) in [6.07, 6.45) is -28.7. The summed E-state index contributed by atoms with van der Waals surface area (Å²) >= 11 is 0. The van der Waals surface area contributed by atoms with Gasteiger partial charge in [0.2, 0.25) is 41.7 Å². The fraction of sp³-hybridized carbons (Fsp3) is 0.741. The second-order valence-electron chi connectivity index (χ2n) is 23.5. The highest BCUT2D eigenvalue weighted by Crippen LogP contribution is 2.40. The Kier molecular flexibility index (Phi) is 23.9. The number of ether oxygens (including phenoxy) is 5. The summed E-state index contributed by atoms with van der Waals surface area (Å²) < 4.78 is 29.1. The highest BCUT2D eigenvalue weighted by molar-refractivity contribution is 6.05. The fourth-order valence-corrected chi connectivity index (χ4v) is 12.2. The Balaban J connectivity index is 1.16. The number of amides is 6. The van der Waals surface area contributed by atoms with Crippen molar-refractivity contribution in [2.24, 2.45) is 27.2 Å². The molecule has 37 nitrogen and oxygen atoms in total. The first-order chi connectivity index (χ1) is 43.3. The predicted octanol–water partition coefficient (Wildman–Crippen LogP) is -12.9. The fourth-order valence-electron chi connectivity index (χ4n) is 12.2. The number of benzene rings is 1. The van der Waals surface area contributed by atoms with E-state index in [4.69, 9.17) is 40.9 Å². The summed E-state index contributed by atoms with van der Waals surface area (Å²) in [4.78, 5) is 97.8. The number of nitrogens with one attached hydrogen (secondary N) is 5. The zero-order valence-corrected chi connectivity index (χ0v) is 49.3. The Morgan fingerprint density at radius 2 is 1.29 bits per heavy atom. The zero-order chi connectivity index (χ0) is 66.4. The molecule has 1 aliphatic carbocycles. The van der Waals surface area contributed by atoms with Gasteiger partial charge in [0, 0.05) is 6.42 Å². The Morgan fingerprint density at radius 1 is 0.681 bits per heavy atom. The van der Waals surface area contributed by atoms with E-state index in [9.17, 15) is 90.7 Å². The molecule has 1 saturated carbocycles. The Morgan fingerprint density at radius 3 is 1.91 bits per heavy atom. The van der Waals surface area contributed by atoms with Crippen LogP contribution in [0.25, 0.3) is 0 Å². The minimum Gasteiger partial charge on any atom is -0.462 e. The number of hydrogen-bond acceptors (Lipinski definition) is 32. The van der Waals surface area contributed by atoms with Crippen molar-refractivity contribution < 1.29 is 124 Å². The van der Waals surface area contributed by atoms with E-state index in [2.05, 4.69) is 36.6 Å². The standard InChI is InChI=1S/C54H84N12O25/c1-2-22(55)49(86)65-25(11-19-8-9-27(21(10-19)20-6-4-3-5-7-20)88-51-43(81)40(78)44(30(18-70)90-51)91-52-42(80)39(77)37(75)29(17-69)89-52)46(83)63-32(34(72)23-12-59-53(56)62-23)48(85)64-33(47(84)61-24(15-67)45(82)58-14-31(65)71)35(73)26-13-60-54(57)66(26)50-41(79)38(76)36(74)28(16-68)87-50/h8-10,20,22-26,28-30,32-44,50-52,67-70,72-81H,2-7,11-18,55H2,1H3,(H2,57,60)(H,58,82)(H,61,84)(H,63,83)(H,64,85)(H3,56,59,62)/t22?,23?,24-,25-,26?,28+,29+,30+,32-,33+,34?,35?,36+,37+,38-,39-,40-,41-,42-,43-,44+,50-,51-,52+/m0/s1. The van der Waals surface area contributed by atoms with Gasteiger partial charge in [0.05, 0.1) is 64.2 Å². The van der Waals surface area contributed by atoms with Crippen molar-refractivity contribution in [1.82, 2.24) is 36.4 Å². The zero-order valence-electron chi connectivity index (χ0n) is 49.3. The third-order valence-electron chi connectivity index (χ3n) is 17.5. The third-order valence-corrected chi connectivity index (χ3v) is 17.5. The Bertz CT molecular complexity index is 2780. The van der Waals surface area contributed by atoms with E-state index in [0.29, 0.717) is 23.3 Å². The third kappa shape index (κ3) is 15.3. The summed E-state index contributed by atoms with van der Waals surface area (Å²) in [6.45, 7) is -4.32. The van der Waals surface area contributed by atoms with Crippen molar-refractivity contribution in [1.29, 1.82) is 0 Å². The predicted molar refractivity (Wildman–Crippen MR) is 304 cm³/mol. The number of aliphatic imine (C=N–C) groups is 2. The van der Waals surface area contributed by atoms with Gasteiger partial charge < -0.3 is 144 Å². The second-order valence-corrected chi connectivity index (χ2v) is 23.5. The lowest BCUT2D eigenvalue weighted by molar-refractivity contribution is -0.352. The van der Waals surface area contributed by atoms with Gasteiger partial charge in [0.25, 0.3) is 0 Å². The number of hydrogen-bond donors (Lipinski definition) is 22. The molecule has 4 saturated heterocycles. The lowest BCUT2D eigenvalue weighted by atomic mass is 9.82. The Hall–Kier alpha value is -6.18. The van der Waals surface area contributed by atoms with Gasteiger partial charge in [0.15, 0.2) is 24.4 Å². The lowest BCUT2D eigenvalue weighted by Gasteiger charge is -2.46. The maximum Gasteiger partial charge on any atom is 0.249 e. The first-order valence-corrected chi connectivity index (χ1v) is 29.9. The van der Waals surface area contributed by atoms with Crippen molar-refractivity contribution >= 4 is 47.4 Å². The van der Waals surface area contributed by atoms with Crippen LogP contribution in [0.2, 0.25) is 0 Å². The van der Waals surface area contributed by atoms with Crippen LogP contribution in [0.5, 0.6) is 5.75 Å². The molecule has 0 bridgehead atoms. The van der Waals surface area contributed by atoms with Crippen LogP contribution in [0.4, 0.5) is 0 Å². The molecule has 6 aliphatic heterocycles. The summed E-state index contributed by atoms with van der Waals surface area (Å²) in [6, 6.07) is -8.77. The average molecular weight is 1300 g/mol. The second kappa shape index (κ2) is 30.7. The van der Waals surface area contributed by atoms with Crippen LogP contribution in [-0.4, -0.2) is 321 Å². The SMILES string of the molecule is CCC(N)C(=O)N1C(=O)CNC(=O)[C@H](CO)NC(=O)[C@@H](C(O)C2CN=C(N)N2[C@H]2O[C@H](CO)[C@@H](O)[C@H](O)[C@@H]2O)NC(=O)[C@H](C(O)C2CN=C(N)N2)NC(=O)[C@@H]1Cc1ccc(O[C@H]2O[C@H](CO)[C@@H](O[C@H]3O[C@H](CO)[C@@H](O)[C@H](O)[C@@H]3O)[C@@H](O)[C@@H]2O)c(C2CCCCC2)c1. The highest BCUT2D eigenvalue weighted by Gasteiger charge is 2.54. The lowest BCUT2D eigenvalue weighted by Crippen LogP contribution is -2.70. The van der Waals surface area contributed by atoms with E-state index >= 15 is 9.59 Å². The van der Waals surface area contributed by atoms with Gasteiger partial charge in [-0.15, -0.1) is 0 Å². The highest BCUT2D eigenvalue weighted by atomic mass is 16.7. The van der Waals surface area contributed by atoms with Gasteiger partial charge in [0.1, 0.15) is 115 Å². The number of nitrogens with two attached hydrogens (primary N) is 3. The molecule has 5 fully saturated rings. The molecule has 510 valence electrons. The number of carbonyl (C=O) groups excluding carboxylic acids is 6. The number of imide groups is 1. The van der Waals surface area contributed by atoms with Crippen molar-refractivity contribution in [2.45, 2.75) is 204 Å². The van der Waals surface area contributed by atoms with Crippen molar-refractivity contribution in [3.63, 3.8) is 0 Å². The van der Waals surface area contributed by atoms with Gasteiger partial charge in [-0.1, -0.05) is 38.3 Å². The maximum atomic E-state index is 15.5. The average Bonchev–Trinajstić information content (AvgIpc) is 1.93. The summed E-state index contributed by atoms with van der Waals surface area (Å²) in [5.41, 5.74) is 19.0. The summed E-state index contributed by atoms with van der Waals surface area (Å²) in [5, 5.41) is 164. The molecular weight excluding hydrogens is 1220 g/mol. The molecule has 25 N–H and O–H groups in total. The molecule has 5 unspecified atom stereocenters. The van der Waals surface area contributed by atoms with Crippen LogP contribution in [0.1, 0.15) is 62.5 Å². The van der Waals surface area contributed by atoms with Crippen LogP contribution < -0.4 is 48.5 Å². The molecular formula is C54H84N12O25. The van der Waals surface area contributed by atoms with E-state index in [1.54, 1.807) is 6.07 Å². The number of rotatable bonds is 18. The minimum absolute atomic E-state index is 0.0371. The molecule has 0 radical (unpaired) electrons. The topological polar surface area (TPSA) is 601 Å². The van der Waals surface area contributed by atoms with Crippen molar-refractivity contribution in [3.8, 4) is 5.75 Å². The molecule has 1 aromatic rings. The molecule has 37 heteroatoms. The number of carbonyl (C=O) groups is 6. The molecule has 0 spiro atoms. The van der Waals surface area contributed by atoms with E-state index in [1.807, 2.05) is 0 Å². The first-order valence-electron chi connectivity index (χ1n) is 29.9. The van der Waals surface area contributed by atoms with E-state index in [0.717, 1.165) is 24.2 Å². The van der Waals surface area contributed by atoms with E-state index in [-0.39, 0.29) is 36.2 Å². The number of aliphatic hydroxyl groups excluding tert-OH is 14. The number of nitrogens with zero attached hydrogens (tertiary/aromatic N) is 4. The molecule has 6 heterocycles. The summed E-state index contributed by atoms with van der Waals surface area (Å²) in [7, 11) is 0. The first kappa shape index (κ1) is 70.7. The van der Waals surface area contributed by atoms with Crippen molar-refractivity contribution in [3.05, 3.63) is 29.3 Å². The Labute approximate surface area is 519 Å². The van der Waals surface area contributed by atoms with Crippen LogP contribution >= 0.6 is 0 Å². The van der Waals surface area contributed by atoms with Gasteiger partial charge in [-0.25, -0.2) is 0 Å². The number of guanidine groups is 2. The van der Waals surface area contributed by atoms with Gasteiger partial charge in [-0.2, -0.15) is 0 Å². The van der Waals surface area contributed by atoms with Crippen LogP contribution in [-0.2, 0) is 54.1 Å². The molecule has 91 heavy (non-hydrogen) atoms. The van der Waals surface area contributed by atoms with E-state index < -0.39 is 234 Å². The smallest absolute Gasteiger partial charge is 0.249 e. The summed E-state index contributed by atoms with van der Waals surface area (Å²) in [5.74, 6) is -8.99. The van der Waals surface area contributed by atoms with E-state index in [1.165, 1.54) is 19.1 Å². The van der Waals surface area contributed by atoms with Crippen LogP contribution in [0.15, 0.2) is 28.2 Å². The van der Waals surface area contributed by atoms with Gasteiger partial charge >= 0.3 is 0 Å². The van der Waals surface area contributed by atoms with Crippen molar-refractivity contribution in [2.75, 3.05) is 46.1 Å². The van der Waals surface area contributed by atoms with Gasteiger partial charge in [-0.3, -0.25) is 43.7 Å². The molecule has 6 amide bonds. The molecule has 0 aromatic heterocycles. The molecule has 7 aliphatic rings. The normalized spacial score (nSPS) is 37.8. The van der Waals surface area contributed by atoms with Crippen LogP contribution in [0.3, 0.4) is 0 Å². The molecule has 1 aromatic carbocycles. The quantitative estimate of drug-likeness (QED) is 0.0649. The number of aliphatic hydroxyl groups is 14. The monoisotopic (exact) mass is 1300 g/mol. The maximum absolute atomic E-state index is 15.5. The van der Waals surface area contributed by atoms with Gasteiger partial charge in [-0.05, 0) is 42.4 Å². The van der Waals surface area contributed by atoms with Crippen LogP contribution in [0, 0.1) is 0 Å².